The lowest BCUT2D eigenvalue weighted by Crippen LogP contribution is -2.44. The van der Waals surface area contributed by atoms with Crippen molar-refractivity contribution in [3.8, 4) is 5.88 Å². The third-order valence-electron chi connectivity index (χ3n) is 3.85. The molecule has 0 bridgehead atoms. The first-order chi connectivity index (χ1) is 11.4. The van der Waals surface area contributed by atoms with E-state index in [0.717, 1.165) is 38.9 Å². The fourth-order valence-corrected chi connectivity index (χ4v) is 2.71. The second-order valence-electron chi connectivity index (χ2n) is 5.85. The standard InChI is InChI=1S/C16H22F3N3O2/c1-2-8-22-9-5-12(6-10-22)21-14(23)13-4-3-7-20-15(13)24-11-16(17,18)19/h3-4,7,12H,2,5-6,8-11H2,1H3,(H,21,23). The maximum Gasteiger partial charge on any atom is 0.422 e. The molecule has 2 rings (SSSR count). The van der Waals surface area contributed by atoms with Crippen LogP contribution in [0, 0.1) is 0 Å². The molecule has 1 N–H and O–H groups in total. The highest BCUT2D eigenvalue weighted by molar-refractivity contribution is 5.96. The Kier molecular flexibility index (Phi) is 6.42. The molecule has 1 aromatic heterocycles. The van der Waals surface area contributed by atoms with E-state index in [1.165, 1.54) is 18.3 Å². The van der Waals surface area contributed by atoms with Crippen LogP contribution >= 0.6 is 0 Å². The van der Waals surface area contributed by atoms with E-state index >= 15 is 0 Å². The molecule has 24 heavy (non-hydrogen) atoms. The predicted molar refractivity (Wildman–Crippen MR) is 83.0 cm³/mol. The van der Waals surface area contributed by atoms with Gasteiger partial charge in [0.05, 0.1) is 0 Å². The van der Waals surface area contributed by atoms with E-state index in [4.69, 9.17) is 0 Å². The van der Waals surface area contributed by atoms with Crippen molar-refractivity contribution in [3.05, 3.63) is 23.9 Å². The lowest BCUT2D eigenvalue weighted by atomic mass is 10.0. The number of nitrogens with zero attached hydrogens (tertiary/aromatic N) is 2. The van der Waals surface area contributed by atoms with Crippen molar-refractivity contribution in [2.24, 2.45) is 0 Å². The minimum Gasteiger partial charge on any atom is -0.467 e. The van der Waals surface area contributed by atoms with Gasteiger partial charge in [-0.2, -0.15) is 13.2 Å². The van der Waals surface area contributed by atoms with Gasteiger partial charge in [0.2, 0.25) is 5.88 Å². The van der Waals surface area contributed by atoms with Crippen LogP contribution in [0.4, 0.5) is 13.2 Å². The van der Waals surface area contributed by atoms with Gasteiger partial charge in [0.15, 0.2) is 6.61 Å². The first kappa shape index (κ1) is 18.5. The smallest absolute Gasteiger partial charge is 0.422 e. The maximum atomic E-state index is 12.3. The van der Waals surface area contributed by atoms with Gasteiger partial charge in [-0.1, -0.05) is 6.92 Å². The molecule has 134 valence electrons. The Labute approximate surface area is 139 Å². The van der Waals surface area contributed by atoms with Gasteiger partial charge in [0, 0.05) is 25.3 Å². The number of ether oxygens (including phenoxy) is 1. The van der Waals surface area contributed by atoms with Gasteiger partial charge in [-0.25, -0.2) is 4.98 Å². The summed E-state index contributed by atoms with van der Waals surface area (Å²) in [5.74, 6) is -0.745. The number of alkyl halides is 3. The zero-order valence-electron chi connectivity index (χ0n) is 13.6. The summed E-state index contributed by atoms with van der Waals surface area (Å²) in [6.07, 6.45) is -0.439. The molecule has 0 unspecified atom stereocenters. The first-order valence-electron chi connectivity index (χ1n) is 8.07. The normalized spacial score (nSPS) is 16.8. The largest absolute Gasteiger partial charge is 0.467 e. The van der Waals surface area contributed by atoms with Crippen LogP contribution in [0.5, 0.6) is 5.88 Å². The van der Waals surface area contributed by atoms with Crippen molar-refractivity contribution >= 4 is 5.91 Å². The number of carbonyl (C=O) groups excluding carboxylic acids is 1. The summed E-state index contributed by atoms with van der Waals surface area (Å²) >= 11 is 0. The van der Waals surface area contributed by atoms with Crippen LogP contribution in [-0.4, -0.2) is 54.3 Å². The van der Waals surface area contributed by atoms with Crippen LogP contribution in [0.3, 0.4) is 0 Å². The molecule has 0 aromatic carbocycles. The third-order valence-corrected chi connectivity index (χ3v) is 3.85. The fourth-order valence-electron chi connectivity index (χ4n) is 2.71. The quantitative estimate of drug-likeness (QED) is 0.861. The molecule has 0 aliphatic carbocycles. The molecule has 0 radical (unpaired) electrons. The molecule has 0 saturated carbocycles. The van der Waals surface area contributed by atoms with Crippen molar-refractivity contribution in [1.29, 1.82) is 0 Å². The molecular formula is C16H22F3N3O2. The zero-order chi connectivity index (χ0) is 17.6. The lowest BCUT2D eigenvalue weighted by Gasteiger charge is -2.32. The van der Waals surface area contributed by atoms with Gasteiger partial charge in [0.1, 0.15) is 5.56 Å². The van der Waals surface area contributed by atoms with Crippen molar-refractivity contribution in [1.82, 2.24) is 15.2 Å². The zero-order valence-corrected chi connectivity index (χ0v) is 13.6. The lowest BCUT2D eigenvalue weighted by molar-refractivity contribution is -0.154. The number of amides is 1. The van der Waals surface area contributed by atoms with Crippen molar-refractivity contribution < 1.29 is 22.7 Å². The number of rotatable bonds is 6. The SMILES string of the molecule is CCCN1CCC(NC(=O)c2cccnc2OCC(F)(F)F)CC1. The van der Waals surface area contributed by atoms with Crippen LogP contribution in [0.2, 0.25) is 0 Å². The highest BCUT2D eigenvalue weighted by Crippen LogP contribution is 2.20. The average molecular weight is 345 g/mol. The average Bonchev–Trinajstić information content (AvgIpc) is 2.54. The first-order valence-corrected chi connectivity index (χ1v) is 8.07. The Bertz CT molecular complexity index is 544. The maximum absolute atomic E-state index is 12.3. The molecule has 1 fully saturated rings. The number of aromatic nitrogens is 1. The number of halogens is 3. The van der Waals surface area contributed by atoms with E-state index in [-0.39, 0.29) is 17.5 Å². The number of pyridine rings is 1. The van der Waals surface area contributed by atoms with E-state index in [0.29, 0.717) is 0 Å². The highest BCUT2D eigenvalue weighted by Gasteiger charge is 2.30. The molecule has 1 amide bonds. The Hall–Kier alpha value is -1.83. The molecule has 1 aliphatic rings. The van der Waals surface area contributed by atoms with Gasteiger partial charge in [0.25, 0.3) is 5.91 Å². The van der Waals surface area contributed by atoms with Gasteiger partial charge in [-0.15, -0.1) is 0 Å². The molecule has 0 atom stereocenters. The minimum atomic E-state index is -4.47. The summed E-state index contributed by atoms with van der Waals surface area (Å²) in [5, 5.41) is 2.87. The number of carbonyl (C=O) groups is 1. The second kappa shape index (κ2) is 8.32. The van der Waals surface area contributed by atoms with Crippen molar-refractivity contribution in [2.45, 2.75) is 38.4 Å². The molecule has 5 nitrogen and oxygen atoms in total. The molecular weight excluding hydrogens is 323 g/mol. The van der Waals surface area contributed by atoms with E-state index in [9.17, 15) is 18.0 Å². The second-order valence-corrected chi connectivity index (χ2v) is 5.85. The number of piperidine rings is 1. The summed E-state index contributed by atoms with van der Waals surface area (Å²) in [6, 6.07) is 2.93. The topological polar surface area (TPSA) is 54.5 Å². The van der Waals surface area contributed by atoms with Crippen LogP contribution < -0.4 is 10.1 Å². The van der Waals surface area contributed by atoms with Gasteiger partial charge < -0.3 is 15.0 Å². The molecule has 1 aromatic rings. The Morgan fingerprint density at radius 1 is 1.42 bits per heavy atom. The van der Waals surface area contributed by atoms with E-state index in [1.54, 1.807) is 0 Å². The molecule has 8 heteroatoms. The van der Waals surface area contributed by atoms with Crippen LogP contribution in [0.25, 0.3) is 0 Å². The van der Waals surface area contributed by atoms with Crippen molar-refractivity contribution in [3.63, 3.8) is 0 Å². The van der Waals surface area contributed by atoms with E-state index in [1.807, 2.05) is 0 Å². The Morgan fingerprint density at radius 3 is 2.75 bits per heavy atom. The van der Waals surface area contributed by atoms with Gasteiger partial charge in [-0.3, -0.25) is 4.79 Å². The van der Waals surface area contributed by atoms with Gasteiger partial charge in [-0.05, 0) is 37.9 Å². The number of likely N-dealkylation sites (tertiary alicyclic amines) is 1. The predicted octanol–water partition coefficient (Wildman–Crippen LogP) is 2.63. The summed E-state index contributed by atoms with van der Waals surface area (Å²) in [6.45, 7) is 3.50. The Balaban J connectivity index is 1.93. The Morgan fingerprint density at radius 2 is 2.12 bits per heavy atom. The summed E-state index contributed by atoms with van der Waals surface area (Å²) in [7, 11) is 0. The fraction of sp³-hybridized carbons (Fsp3) is 0.625. The third kappa shape index (κ3) is 5.67. The van der Waals surface area contributed by atoms with Gasteiger partial charge >= 0.3 is 6.18 Å². The van der Waals surface area contributed by atoms with Crippen LogP contribution in [-0.2, 0) is 0 Å². The number of hydrogen-bond acceptors (Lipinski definition) is 4. The number of hydrogen-bond donors (Lipinski definition) is 1. The molecule has 1 saturated heterocycles. The molecule has 1 aliphatic heterocycles. The summed E-state index contributed by atoms with van der Waals surface area (Å²) < 4.78 is 41.5. The van der Waals surface area contributed by atoms with Crippen LogP contribution in [0.1, 0.15) is 36.5 Å². The molecule has 2 heterocycles. The van der Waals surface area contributed by atoms with Crippen LogP contribution in [0.15, 0.2) is 18.3 Å². The monoisotopic (exact) mass is 345 g/mol. The molecule has 0 spiro atoms. The number of nitrogens with one attached hydrogen (secondary N) is 1. The van der Waals surface area contributed by atoms with Crippen molar-refractivity contribution in [2.75, 3.05) is 26.2 Å². The summed E-state index contributed by atoms with van der Waals surface area (Å²) in [4.78, 5) is 18.4. The highest BCUT2D eigenvalue weighted by atomic mass is 19.4. The van der Waals surface area contributed by atoms with E-state index in [2.05, 4.69) is 26.9 Å². The minimum absolute atomic E-state index is 0.0151. The van der Waals surface area contributed by atoms with E-state index < -0.39 is 18.7 Å². The summed E-state index contributed by atoms with van der Waals surface area (Å²) in [5.41, 5.74) is 0.0257.